The Hall–Kier alpha value is -5.24. The molecular weight excluding hydrogens is 611 g/mol. The number of pyridine rings is 1. The summed E-state index contributed by atoms with van der Waals surface area (Å²) < 4.78 is 41.5. The molecule has 1 aromatic carbocycles. The lowest BCUT2D eigenvalue weighted by Crippen LogP contribution is -2.21. The van der Waals surface area contributed by atoms with E-state index < -0.39 is 23.4 Å². The van der Waals surface area contributed by atoms with Gasteiger partial charge in [0.1, 0.15) is 5.69 Å². The van der Waals surface area contributed by atoms with Crippen molar-refractivity contribution in [2.45, 2.75) is 25.9 Å². The number of alkyl halides is 2. The van der Waals surface area contributed by atoms with Crippen molar-refractivity contribution in [3.8, 4) is 11.3 Å². The molecule has 11 nitrogen and oxygen atoms in total. The van der Waals surface area contributed by atoms with Gasteiger partial charge in [-0.2, -0.15) is 5.10 Å². The molecule has 0 bridgehead atoms. The smallest absolute Gasteiger partial charge is 0.264 e. The monoisotopic (exact) mass is 637 g/mol. The summed E-state index contributed by atoms with van der Waals surface area (Å²) in [7, 11) is 3.73. The van der Waals surface area contributed by atoms with Gasteiger partial charge in [-0.05, 0) is 25.1 Å². The molecule has 1 atom stereocenters. The standard InChI is InChI=1S/C18H21N7O.C12H6ClF3N2O/c1-13(25-10-16(19-2)9-23-25)15-7-21-18(22-8-15)24(3)11-17-14(12-26)5-4-6-20-17;13-8-2-1-7(12(15)16)10(11(8)14)9-4-17-3-6(5-19)18-9/h4-10,12-13,19H,11H2,1-3H3;1-5,12H. The van der Waals surface area contributed by atoms with E-state index in [0.29, 0.717) is 30.0 Å². The first-order valence-electron chi connectivity index (χ1n) is 13.3. The highest BCUT2D eigenvalue weighted by molar-refractivity contribution is 6.31. The second kappa shape index (κ2) is 15.0. The van der Waals surface area contributed by atoms with Crippen LogP contribution in [0.3, 0.4) is 0 Å². The molecule has 4 aromatic heterocycles. The van der Waals surface area contributed by atoms with Gasteiger partial charge in [-0.25, -0.2) is 28.1 Å². The van der Waals surface area contributed by atoms with Crippen LogP contribution >= 0.6 is 11.6 Å². The normalized spacial score (nSPS) is 11.4. The number of carbonyl (C=O) groups is 2. The number of carbonyl (C=O) groups excluding carboxylic acids is 2. The summed E-state index contributed by atoms with van der Waals surface area (Å²) in [5, 5.41) is 7.09. The Labute approximate surface area is 261 Å². The maximum Gasteiger partial charge on any atom is 0.264 e. The molecule has 0 aliphatic carbocycles. The van der Waals surface area contributed by atoms with Crippen LogP contribution in [0.5, 0.6) is 0 Å². The van der Waals surface area contributed by atoms with Gasteiger partial charge in [0.05, 0.1) is 53.3 Å². The molecule has 45 heavy (non-hydrogen) atoms. The van der Waals surface area contributed by atoms with Gasteiger partial charge in [0.25, 0.3) is 6.43 Å². The minimum absolute atomic E-state index is 0.0221. The maximum absolute atomic E-state index is 13.9. The summed E-state index contributed by atoms with van der Waals surface area (Å²) in [6.07, 6.45) is 9.51. The number of aldehydes is 2. The van der Waals surface area contributed by atoms with Crippen molar-refractivity contribution in [2.24, 2.45) is 0 Å². The Morgan fingerprint density at radius 1 is 1.04 bits per heavy atom. The maximum atomic E-state index is 13.9. The zero-order valence-corrected chi connectivity index (χ0v) is 25.0. The largest absolute Gasteiger partial charge is 0.386 e. The molecule has 232 valence electrons. The third-order valence-corrected chi connectivity index (χ3v) is 6.89. The number of benzene rings is 1. The number of aromatic nitrogens is 7. The predicted molar refractivity (Wildman–Crippen MR) is 162 cm³/mol. The first-order valence-corrected chi connectivity index (χ1v) is 13.7. The lowest BCUT2D eigenvalue weighted by Gasteiger charge is -2.18. The van der Waals surface area contributed by atoms with E-state index in [9.17, 15) is 22.8 Å². The molecule has 0 amide bonds. The first kappa shape index (κ1) is 32.7. The molecule has 0 saturated heterocycles. The molecule has 0 spiro atoms. The Bertz CT molecular complexity index is 1770. The van der Waals surface area contributed by atoms with Gasteiger partial charge < -0.3 is 10.2 Å². The Morgan fingerprint density at radius 3 is 2.44 bits per heavy atom. The zero-order valence-electron chi connectivity index (χ0n) is 24.3. The summed E-state index contributed by atoms with van der Waals surface area (Å²) in [5.41, 5.74) is 1.93. The van der Waals surface area contributed by atoms with Gasteiger partial charge in [0.2, 0.25) is 5.95 Å². The van der Waals surface area contributed by atoms with E-state index in [1.54, 1.807) is 36.9 Å². The minimum atomic E-state index is -2.90. The van der Waals surface area contributed by atoms with Gasteiger partial charge in [-0.15, -0.1) is 0 Å². The molecule has 15 heteroatoms. The first-order chi connectivity index (χ1) is 21.7. The molecule has 0 fully saturated rings. The highest BCUT2D eigenvalue weighted by atomic mass is 35.5. The number of nitrogens with one attached hydrogen (secondary N) is 1. The van der Waals surface area contributed by atoms with Crippen LogP contribution in [0, 0.1) is 5.82 Å². The number of hydrogen-bond donors (Lipinski definition) is 1. The van der Waals surface area contributed by atoms with E-state index in [4.69, 9.17) is 11.6 Å². The third-order valence-electron chi connectivity index (χ3n) is 6.60. The van der Waals surface area contributed by atoms with Gasteiger partial charge in [-0.3, -0.25) is 24.2 Å². The van der Waals surface area contributed by atoms with Crippen LogP contribution < -0.4 is 10.2 Å². The number of nitrogens with zero attached hydrogens (tertiary/aromatic N) is 8. The third kappa shape index (κ3) is 7.84. The topological polar surface area (TPSA) is 132 Å². The van der Waals surface area contributed by atoms with Gasteiger partial charge in [-0.1, -0.05) is 17.7 Å². The molecule has 0 aliphatic heterocycles. The lowest BCUT2D eigenvalue weighted by molar-refractivity contribution is 0.111. The van der Waals surface area contributed by atoms with Crippen molar-refractivity contribution in [1.29, 1.82) is 0 Å². The van der Waals surface area contributed by atoms with E-state index in [1.165, 1.54) is 0 Å². The van der Waals surface area contributed by atoms with Crippen LogP contribution in [0.2, 0.25) is 5.02 Å². The van der Waals surface area contributed by atoms with Crippen LogP contribution in [0.1, 0.15) is 57.1 Å². The highest BCUT2D eigenvalue weighted by Crippen LogP contribution is 2.35. The van der Waals surface area contributed by atoms with E-state index in [0.717, 1.165) is 42.1 Å². The molecule has 1 unspecified atom stereocenters. The fraction of sp³-hybridized carbons (Fsp3) is 0.200. The summed E-state index contributed by atoms with van der Waals surface area (Å²) in [6.45, 7) is 2.49. The SMILES string of the molecule is CNc1cnn(C(C)c2cnc(N(C)Cc3ncccc3C=O)nc2)c1.O=Cc1cncc(-c2c(C(F)F)ccc(Cl)c2F)n1. The molecule has 1 N–H and O–H groups in total. The fourth-order valence-electron chi connectivity index (χ4n) is 4.13. The number of rotatable bonds is 10. The number of hydrogen-bond acceptors (Lipinski definition) is 10. The van der Waals surface area contributed by atoms with Crippen LogP contribution in [-0.2, 0) is 6.54 Å². The van der Waals surface area contributed by atoms with Crippen LogP contribution in [0.25, 0.3) is 11.3 Å². The molecule has 0 aliphatic rings. The van der Waals surface area contributed by atoms with E-state index in [1.807, 2.05) is 36.8 Å². The van der Waals surface area contributed by atoms with E-state index in [2.05, 4.69) is 35.3 Å². The number of anilines is 2. The molecule has 0 radical (unpaired) electrons. The van der Waals surface area contributed by atoms with Crippen molar-refractivity contribution in [2.75, 3.05) is 24.3 Å². The minimum Gasteiger partial charge on any atom is -0.386 e. The van der Waals surface area contributed by atoms with Crippen LogP contribution in [-0.4, -0.2) is 61.4 Å². The second-order valence-corrected chi connectivity index (χ2v) is 9.95. The van der Waals surface area contributed by atoms with Gasteiger partial charge in [0.15, 0.2) is 18.4 Å². The molecule has 4 heterocycles. The van der Waals surface area contributed by atoms with Crippen molar-refractivity contribution in [1.82, 2.24) is 34.7 Å². The molecular formula is C30H27ClF3N9O2. The summed E-state index contributed by atoms with van der Waals surface area (Å²) in [4.78, 5) is 44.1. The fourth-order valence-corrected chi connectivity index (χ4v) is 4.28. The van der Waals surface area contributed by atoms with E-state index >= 15 is 0 Å². The Balaban J connectivity index is 0.000000215. The van der Waals surface area contributed by atoms with Crippen molar-refractivity contribution in [3.05, 3.63) is 107 Å². The highest BCUT2D eigenvalue weighted by Gasteiger charge is 2.22. The Kier molecular flexibility index (Phi) is 10.9. The number of halogens is 4. The quantitative estimate of drug-likeness (QED) is 0.186. The lowest BCUT2D eigenvalue weighted by atomic mass is 10.0. The van der Waals surface area contributed by atoms with Gasteiger partial charge >= 0.3 is 0 Å². The van der Waals surface area contributed by atoms with Crippen molar-refractivity contribution >= 4 is 35.8 Å². The van der Waals surface area contributed by atoms with Crippen molar-refractivity contribution < 1.29 is 22.8 Å². The van der Waals surface area contributed by atoms with Gasteiger partial charge in [0, 0.05) is 61.1 Å². The predicted octanol–water partition coefficient (Wildman–Crippen LogP) is 5.85. The summed E-state index contributed by atoms with van der Waals surface area (Å²) in [6, 6.07) is 5.57. The second-order valence-electron chi connectivity index (χ2n) is 9.54. The summed E-state index contributed by atoms with van der Waals surface area (Å²) in [5.74, 6) is -0.448. The Morgan fingerprint density at radius 2 is 1.80 bits per heavy atom. The molecule has 5 aromatic rings. The van der Waals surface area contributed by atoms with E-state index in [-0.39, 0.29) is 22.5 Å². The van der Waals surface area contributed by atoms with Crippen LogP contribution in [0.4, 0.5) is 24.8 Å². The zero-order chi connectivity index (χ0) is 32.5. The van der Waals surface area contributed by atoms with Crippen molar-refractivity contribution in [3.63, 3.8) is 0 Å². The molecule has 5 rings (SSSR count). The average Bonchev–Trinajstić information content (AvgIpc) is 3.55. The average molecular weight is 638 g/mol. The molecule has 0 saturated carbocycles. The van der Waals surface area contributed by atoms with Crippen LogP contribution in [0.15, 0.2) is 67.6 Å². The summed E-state index contributed by atoms with van der Waals surface area (Å²) >= 11 is 5.58.